The Kier molecular flexibility index (Phi) is 2.86. The molecule has 2 heteroatoms. The normalized spacial score (nSPS) is 28.4. The number of rotatable bonds is 3. The topological polar surface area (TPSA) is 21.3 Å². The fourth-order valence-corrected chi connectivity index (χ4v) is 3.14. The lowest BCUT2D eigenvalue weighted by Crippen LogP contribution is -2.39. The van der Waals surface area contributed by atoms with E-state index in [2.05, 4.69) is 44.3 Å². The van der Waals surface area contributed by atoms with E-state index in [0.717, 1.165) is 24.6 Å². The first kappa shape index (κ1) is 12.0. The third-order valence-corrected chi connectivity index (χ3v) is 4.13. The summed E-state index contributed by atoms with van der Waals surface area (Å²) in [5.74, 6) is 2.03. The van der Waals surface area contributed by atoms with E-state index in [0.29, 0.717) is 6.04 Å². The standard InChI is InChI=1S/C16H23NO/c1-11-7-14(8-11)17-10-13-6-4-5-12-9-16(2,3)18-15(12)13/h4-6,11,14,17H,7-10H2,1-3H3. The summed E-state index contributed by atoms with van der Waals surface area (Å²) in [6.07, 6.45) is 3.67. The Morgan fingerprint density at radius 2 is 2.11 bits per heavy atom. The molecule has 98 valence electrons. The highest BCUT2D eigenvalue weighted by Gasteiger charge is 2.32. The lowest BCUT2D eigenvalue weighted by molar-refractivity contribution is 0.136. The highest BCUT2D eigenvalue weighted by Crippen LogP contribution is 2.37. The van der Waals surface area contributed by atoms with Gasteiger partial charge < -0.3 is 10.1 Å². The van der Waals surface area contributed by atoms with E-state index in [1.54, 1.807) is 0 Å². The second-order valence-corrected chi connectivity index (χ2v) is 6.60. The zero-order valence-electron chi connectivity index (χ0n) is 11.6. The average molecular weight is 245 g/mol. The summed E-state index contributed by atoms with van der Waals surface area (Å²) in [7, 11) is 0. The van der Waals surface area contributed by atoms with E-state index in [1.165, 1.54) is 24.0 Å². The van der Waals surface area contributed by atoms with Crippen molar-refractivity contribution < 1.29 is 4.74 Å². The van der Waals surface area contributed by atoms with Crippen LogP contribution in [0.5, 0.6) is 5.75 Å². The molecule has 0 unspecified atom stereocenters. The molecule has 1 saturated carbocycles. The molecule has 0 spiro atoms. The Morgan fingerprint density at radius 1 is 1.33 bits per heavy atom. The van der Waals surface area contributed by atoms with Gasteiger partial charge in [-0.1, -0.05) is 25.1 Å². The van der Waals surface area contributed by atoms with Gasteiger partial charge in [0.2, 0.25) is 0 Å². The Balaban J connectivity index is 1.69. The minimum Gasteiger partial charge on any atom is -0.487 e. The van der Waals surface area contributed by atoms with Gasteiger partial charge in [-0.3, -0.25) is 0 Å². The van der Waals surface area contributed by atoms with Crippen LogP contribution in [0.4, 0.5) is 0 Å². The van der Waals surface area contributed by atoms with Crippen molar-refractivity contribution in [2.75, 3.05) is 0 Å². The van der Waals surface area contributed by atoms with Gasteiger partial charge in [-0.15, -0.1) is 0 Å². The molecule has 0 aromatic heterocycles. The molecule has 1 aliphatic heterocycles. The van der Waals surface area contributed by atoms with Crippen LogP contribution in [-0.2, 0) is 13.0 Å². The summed E-state index contributed by atoms with van der Waals surface area (Å²) in [5.41, 5.74) is 2.64. The summed E-state index contributed by atoms with van der Waals surface area (Å²) in [4.78, 5) is 0. The lowest BCUT2D eigenvalue weighted by atomic mass is 9.82. The number of nitrogens with one attached hydrogen (secondary N) is 1. The monoisotopic (exact) mass is 245 g/mol. The molecular weight excluding hydrogens is 222 g/mol. The molecule has 2 nitrogen and oxygen atoms in total. The first-order valence-electron chi connectivity index (χ1n) is 7.07. The van der Waals surface area contributed by atoms with Gasteiger partial charge in [0.05, 0.1) is 0 Å². The van der Waals surface area contributed by atoms with E-state index in [4.69, 9.17) is 4.74 Å². The van der Waals surface area contributed by atoms with E-state index < -0.39 is 0 Å². The Hall–Kier alpha value is -1.02. The Bertz CT molecular complexity index is 446. The van der Waals surface area contributed by atoms with Crippen molar-refractivity contribution in [1.82, 2.24) is 5.32 Å². The van der Waals surface area contributed by atoms with Gasteiger partial charge in [0.1, 0.15) is 11.4 Å². The SMILES string of the molecule is CC1CC(NCc2cccc3c2OC(C)(C)C3)C1. The van der Waals surface area contributed by atoms with Gasteiger partial charge in [-0.25, -0.2) is 0 Å². The zero-order valence-corrected chi connectivity index (χ0v) is 11.6. The fraction of sp³-hybridized carbons (Fsp3) is 0.625. The van der Waals surface area contributed by atoms with Crippen LogP contribution in [0, 0.1) is 5.92 Å². The molecule has 1 heterocycles. The number of hydrogen-bond donors (Lipinski definition) is 1. The van der Waals surface area contributed by atoms with E-state index in [-0.39, 0.29) is 5.60 Å². The molecule has 1 aromatic carbocycles. The molecule has 0 bridgehead atoms. The number of fused-ring (bicyclic) bond motifs is 1. The summed E-state index contributed by atoms with van der Waals surface area (Å²) in [6.45, 7) is 7.59. The van der Waals surface area contributed by atoms with Gasteiger partial charge in [0.25, 0.3) is 0 Å². The lowest BCUT2D eigenvalue weighted by Gasteiger charge is -2.33. The molecule has 0 saturated heterocycles. The number of benzene rings is 1. The Morgan fingerprint density at radius 3 is 2.83 bits per heavy atom. The predicted octanol–water partition coefficient (Wildman–Crippen LogP) is 3.29. The molecule has 1 N–H and O–H groups in total. The third kappa shape index (κ3) is 2.26. The summed E-state index contributed by atoms with van der Waals surface area (Å²) in [5, 5.41) is 3.64. The number of ether oxygens (including phenoxy) is 1. The maximum Gasteiger partial charge on any atom is 0.127 e. The van der Waals surface area contributed by atoms with Crippen molar-refractivity contribution in [2.45, 2.75) is 58.2 Å². The van der Waals surface area contributed by atoms with Crippen LogP contribution in [0.25, 0.3) is 0 Å². The van der Waals surface area contributed by atoms with Crippen LogP contribution in [0.1, 0.15) is 44.7 Å². The van der Waals surface area contributed by atoms with Crippen molar-refractivity contribution >= 4 is 0 Å². The van der Waals surface area contributed by atoms with Gasteiger partial charge in [-0.2, -0.15) is 0 Å². The van der Waals surface area contributed by atoms with Crippen molar-refractivity contribution in [2.24, 2.45) is 5.92 Å². The zero-order chi connectivity index (χ0) is 12.8. The second kappa shape index (κ2) is 4.27. The highest BCUT2D eigenvalue weighted by molar-refractivity contribution is 5.45. The van der Waals surface area contributed by atoms with Crippen LogP contribution in [0.15, 0.2) is 18.2 Å². The van der Waals surface area contributed by atoms with Crippen LogP contribution in [0.2, 0.25) is 0 Å². The number of para-hydroxylation sites is 1. The van der Waals surface area contributed by atoms with E-state index in [9.17, 15) is 0 Å². The average Bonchev–Trinajstić information content (AvgIpc) is 2.57. The number of hydrogen-bond acceptors (Lipinski definition) is 2. The molecule has 0 amide bonds. The van der Waals surface area contributed by atoms with Crippen molar-refractivity contribution in [3.8, 4) is 5.75 Å². The van der Waals surface area contributed by atoms with Crippen LogP contribution in [0.3, 0.4) is 0 Å². The third-order valence-electron chi connectivity index (χ3n) is 4.13. The minimum atomic E-state index is -0.0383. The molecular formula is C16H23NO. The van der Waals surface area contributed by atoms with E-state index >= 15 is 0 Å². The molecule has 1 aromatic rings. The van der Waals surface area contributed by atoms with Gasteiger partial charge in [0.15, 0.2) is 0 Å². The van der Waals surface area contributed by atoms with Gasteiger partial charge >= 0.3 is 0 Å². The first-order chi connectivity index (χ1) is 8.53. The first-order valence-corrected chi connectivity index (χ1v) is 7.07. The largest absolute Gasteiger partial charge is 0.487 e. The Labute approximate surface area is 110 Å². The molecule has 1 aliphatic carbocycles. The predicted molar refractivity (Wildman–Crippen MR) is 73.9 cm³/mol. The highest BCUT2D eigenvalue weighted by atomic mass is 16.5. The second-order valence-electron chi connectivity index (χ2n) is 6.60. The van der Waals surface area contributed by atoms with Gasteiger partial charge in [0, 0.05) is 24.6 Å². The van der Waals surface area contributed by atoms with Crippen molar-refractivity contribution in [1.29, 1.82) is 0 Å². The minimum absolute atomic E-state index is 0.0383. The van der Waals surface area contributed by atoms with Crippen LogP contribution < -0.4 is 10.1 Å². The molecule has 1 fully saturated rings. The van der Waals surface area contributed by atoms with E-state index in [1.807, 2.05) is 0 Å². The molecule has 0 radical (unpaired) electrons. The van der Waals surface area contributed by atoms with Crippen LogP contribution in [-0.4, -0.2) is 11.6 Å². The molecule has 2 aliphatic rings. The smallest absolute Gasteiger partial charge is 0.127 e. The summed E-state index contributed by atoms with van der Waals surface area (Å²) in [6, 6.07) is 7.25. The van der Waals surface area contributed by atoms with Crippen molar-refractivity contribution in [3.63, 3.8) is 0 Å². The molecule has 0 atom stereocenters. The van der Waals surface area contributed by atoms with Crippen LogP contribution >= 0.6 is 0 Å². The maximum absolute atomic E-state index is 6.09. The molecule has 18 heavy (non-hydrogen) atoms. The summed E-state index contributed by atoms with van der Waals surface area (Å²) >= 11 is 0. The molecule has 3 rings (SSSR count). The maximum atomic E-state index is 6.09. The van der Waals surface area contributed by atoms with Gasteiger partial charge in [-0.05, 0) is 38.2 Å². The fourth-order valence-electron chi connectivity index (χ4n) is 3.14. The summed E-state index contributed by atoms with van der Waals surface area (Å²) < 4.78 is 6.09. The quantitative estimate of drug-likeness (QED) is 0.882. The van der Waals surface area contributed by atoms with Crippen molar-refractivity contribution in [3.05, 3.63) is 29.3 Å².